The molecule has 0 atom stereocenters. The summed E-state index contributed by atoms with van der Waals surface area (Å²) < 4.78 is 5.73. The van der Waals surface area contributed by atoms with Crippen LogP contribution in [0.2, 0.25) is 0 Å². The van der Waals surface area contributed by atoms with Gasteiger partial charge >= 0.3 is 126 Å². The molecule has 0 bridgehead atoms. The van der Waals surface area contributed by atoms with Crippen molar-refractivity contribution in [2.24, 2.45) is 0 Å². The standard InChI is InChI=1S/C17H23O3P/c1-2-3-10-15-20-21(18,19,16-11-6-4-7-12-16)17-13-8-5-9-14-17/h4-9,11-14,18-19H,2-3,10,15H2,1H3. The molecule has 2 aromatic carbocycles. The van der Waals surface area contributed by atoms with Crippen molar-refractivity contribution < 1.29 is 14.3 Å². The van der Waals surface area contributed by atoms with Crippen LogP contribution in [0.4, 0.5) is 0 Å². The Bertz CT molecular complexity index is 511. The topological polar surface area (TPSA) is 49.7 Å². The molecule has 2 N–H and O–H groups in total. The summed E-state index contributed by atoms with van der Waals surface area (Å²) in [5.41, 5.74) is 0. The van der Waals surface area contributed by atoms with Crippen LogP contribution in [0, 0.1) is 0 Å². The molecular formula is C17H23O3P. The molecule has 0 saturated carbocycles. The fourth-order valence-corrected chi connectivity index (χ4v) is 4.77. The van der Waals surface area contributed by atoms with Crippen molar-refractivity contribution in [2.75, 3.05) is 6.61 Å². The van der Waals surface area contributed by atoms with Crippen molar-refractivity contribution >= 4 is 17.9 Å². The monoisotopic (exact) mass is 306 g/mol. The Balaban J connectivity index is 2.39. The number of rotatable bonds is 7. The van der Waals surface area contributed by atoms with Crippen molar-refractivity contribution in [3.05, 3.63) is 60.7 Å². The number of hydrogen-bond acceptors (Lipinski definition) is 3. The van der Waals surface area contributed by atoms with E-state index >= 15 is 0 Å². The molecule has 0 aliphatic heterocycles. The molecule has 0 radical (unpaired) electrons. The molecule has 0 aliphatic rings. The van der Waals surface area contributed by atoms with E-state index in [4.69, 9.17) is 4.52 Å². The van der Waals surface area contributed by atoms with Gasteiger partial charge in [-0.25, -0.2) is 0 Å². The SMILES string of the molecule is CCCCCOP(O)(O)(c1ccccc1)c1ccccc1. The van der Waals surface area contributed by atoms with Crippen LogP contribution >= 0.6 is 7.28 Å². The van der Waals surface area contributed by atoms with E-state index in [1.807, 2.05) is 12.1 Å². The van der Waals surface area contributed by atoms with Crippen LogP contribution in [0.3, 0.4) is 0 Å². The number of unbranched alkanes of at least 4 members (excludes halogenated alkanes) is 2. The Morgan fingerprint density at radius 2 is 1.29 bits per heavy atom. The Kier molecular flexibility index (Phi) is 5.13. The minimum atomic E-state index is -4.54. The Labute approximate surface area is 126 Å². The van der Waals surface area contributed by atoms with Crippen LogP contribution in [0.25, 0.3) is 0 Å². The fourth-order valence-electron chi connectivity index (χ4n) is 2.28. The summed E-state index contributed by atoms with van der Waals surface area (Å²) in [5, 5.41) is 0.873. The molecular weight excluding hydrogens is 283 g/mol. The van der Waals surface area contributed by atoms with Gasteiger partial charge in [-0.05, 0) is 0 Å². The molecule has 0 unspecified atom stereocenters. The van der Waals surface area contributed by atoms with E-state index in [1.165, 1.54) is 0 Å². The van der Waals surface area contributed by atoms with Crippen LogP contribution < -0.4 is 10.6 Å². The van der Waals surface area contributed by atoms with Gasteiger partial charge in [0.1, 0.15) is 0 Å². The number of hydrogen-bond donors (Lipinski definition) is 2. The third kappa shape index (κ3) is 3.50. The molecule has 114 valence electrons. The van der Waals surface area contributed by atoms with Gasteiger partial charge in [0.15, 0.2) is 0 Å². The van der Waals surface area contributed by atoms with Crippen LogP contribution in [0.15, 0.2) is 60.7 Å². The quantitative estimate of drug-likeness (QED) is 0.610. The third-order valence-corrected chi connectivity index (χ3v) is 6.66. The second-order valence-electron chi connectivity index (χ2n) is 5.16. The molecule has 0 spiro atoms. The van der Waals surface area contributed by atoms with Crippen LogP contribution in [0.5, 0.6) is 0 Å². The van der Waals surface area contributed by atoms with Crippen molar-refractivity contribution in [3.63, 3.8) is 0 Å². The number of benzene rings is 2. The van der Waals surface area contributed by atoms with Crippen LogP contribution in [-0.2, 0) is 4.52 Å². The van der Waals surface area contributed by atoms with Crippen molar-refractivity contribution in [3.8, 4) is 0 Å². The molecule has 2 rings (SSSR count). The average Bonchev–Trinajstić information content (AvgIpc) is 2.54. The van der Waals surface area contributed by atoms with E-state index in [0.717, 1.165) is 19.3 Å². The summed E-state index contributed by atoms with van der Waals surface area (Å²) in [4.78, 5) is 22.4. The van der Waals surface area contributed by atoms with E-state index in [0.29, 0.717) is 17.2 Å². The Hall–Kier alpha value is -1.25. The van der Waals surface area contributed by atoms with E-state index in [-0.39, 0.29) is 0 Å². The zero-order chi connectivity index (χ0) is 15.2. The normalized spacial score (nSPS) is 13.6. The molecule has 0 heterocycles. The summed E-state index contributed by atoms with van der Waals surface area (Å²) in [6, 6.07) is 17.7. The molecule has 0 amide bonds. The zero-order valence-electron chi connectivity index (χ0n) is 12.4. The average molecular weight is 306 g/mol. The van der Waals surface area contributed by atoms with Crippen molar-refractivity contribution in [1.29, 1.82) is 0 Å². The second-order valence-corrected chi connectivity index (χ2v) is 8.34. The maximum absolute atomic E-state index is 11.2. The molecule has 0 fully saturated rings. The van der Waals surface area contributed by atoms with Gasteiger partial charge in [0.2, 0.25) is 0 Å². The summed E-state index contributed by atoms with van der Waals surface area (Å²) in [6.45, 7) is 2.44. The molecule has 4 heteroatoms. The summed E-state index contributed by atoms with van der Waals surface area (Å²) in [7, 11) is -4.54. The molecule has 3 nitrogen and oxygen atoms in total. The fraction of sp³-hybridized carbons (Fsp3) is 0.294. The summed E-state index contributed by atoms with van der Waals surface area (Å²) >= 11 is 0. The molecule has 0 saturated heterocycles. The first-order valence-corrected chi connectivity index (χ1v) is 9.41. The van der Waals surface area contributed by atoms with Gasteiger partial charge < -0.3 is 0 Å². The van der Waals surface area contributed by atoms with E-state index < -0.39 is 7.28 Å². The van der Waals surface area contributed by atoms with E-state index in [1.54, 1.807) is 48.5 Å². The van der Waals surface area contributed by atoms with Gasteiger partial charge in [0.05, 0.1) is 0 Å². The van der Waals surface area contributed by atoms with Gasteiger partial charge in [0.25, 0.3) is 0 Å². The predicted octanol–water partition coefficient (Wildman–Crippen LogP) is 3.13. The summed E-state index contributed by atoms with van der Waals surface area (Å²) in [5.74, 6) is 0. The van der Waals surface area contributed by atoms with Gasteiger partial charge in [-0.3, -0.25) is 0 Å². The Morgan fingerprint density at radius 1 is 0.810 bits per heavy atom. The van der Waals surface area contributed by atoms with Crippen LogP contribution in [-0.4, -0.2) is 16.4 Å². The third-order valence-electron chi connectivity index (χ3n) is 3.53. The maximum atomic E-state index is 11.2. The first-order valence-electron chi connectivity index (χ1n) is 7.35. The molecule has 2 aromatic rings. The van der Waals surface area contributed by atoms with Gasteiger partial charge in [0, 0.05) is 0 Å². The molecule has 21 heavy (non-hydrogen) atoms. The first kappa shape index (κ1) is 16.1. The second kappa shape index (κ2) is 6.67. The van der Waals surface area contributed by atoms with Gasteiger partial charge in [-0.15, -0.1) is 0 Å². The van der Waals surface area contributed by atoms with Gasteiger partial charge in [-0.1, -0.05) is 0 Å². The molecule has 0 aromatic heterocycles. The summed E-state index contributed by atoms with van der Waals surface area (Å²) in [6.07, 6.45) is 2.89. The van der Waals surface area contributed by atoms with Crippen molar-refractivity contribution in [2.45, 2.75) is 26.2 Å². The van der Waals surface area contributed by atoms with Crippen molar-refractivity contribution in [1.82, 2.24) is 0 Å². The van der Waals surface area contributed by atoms with E-state index in [2.05, 4.69) is 6.92 Å². The minimum absolute atomic E-state index is 0.336. The molecule has 0 aliphatic carbocycles. The first-order chi connectivity index (χ1) is 10.1. The van der Waals surface area contributed by atoms with Gasteiger partial charge in [-0.2, -0.15) is 0 Å². The zero-order valence-corrected chi connectivity index (χ0v) is 13.2. The van der Waals surface area contributed by atoms with Crippen LogP contribution in [0.1, 0.15) is 26.2 Å². The predicted molar refractivity (Wildman–Crippen MR) is 89.0 cm³/mol. The Morgan fingerprint density at radius 3 is 1.71 bits per heavy atom. The van der Waals surface area contributed by atoms with E-state index in [9.17, 15) is 9.79 Å².